The SMILES string of the molecule is CC(C)OC(=O)[C@@H](CN)NC(=O)OCc1ccccc1. The molecule has 0 aliphatic carbocycles. The number of amides is 1. The highest BCUT2D eigenvalue weighted by atomic mass is 16.6. The van der Waals surface area contributed by atoms with Gasteiger partial charge in [0.25, 0.3) is 0 Å². The quantitative estimate of drug-likeness (QED) is 0.764. The van der Waals surface area contributed by atoms with Crippen LogP contribution >= 0.6 is 0 Å². The predicted molar refractivity (Wildman–Crippen MR) is 73.8 cm³/mol. The monoisotopic (exact) mass is 280 g/mol. The summed E-state index contributed by atoms with van der Waals surface area (Å²) in [6, 6.07) is 8.33. The third-order valence-corrected chi connectivity index (χ3v) is 2.38. The second-order valence-corrected chi connectivity index (χ2v) is 4.48. The highest BCUT2D eigenvalue weighted by Crippen LogP contribution is 2.01. The molecule has 6 heteroatoms. The molecule has 1 amide bonds. The van der Waals surface area contributed by atoms with Crippen molar-refractivity contribution in [1.82, 2.24) is 5.32 Å². The molecule has 1 aromatic carbocycles. The van der Waals surface area contributed by atoms with E-state index in [1.54, 1.807) is 13.8 Å². The van der Waals surface area contributed by atoms with Gasteiger partial charge in [-0.1, -0.05) is 30.3 Å². The first-order valence-corrected chi connectivity index (χ1v) is 6.40. The van der Waals surface area contributed by atoms with E-state index in [-0.39, 0.29) is 19.3 Å². The number of carbonyl (C=O) groups excluding carboxylic acids is 2. The van der Waals surface area contributed by atoms with Gasteiger partial charge in [0.15, 0.2) is 0 Å². The summed E-state index contributed by atoms with van der Waals surface area (Å²) in [6.07, 6.45) is -0.969. The zero-order valence-electron chi connectivity index (χ0n) is 11.7. The topological polar surface area (TPSA) is 90.6 Å². The van der Waals surface area contributed by atoms with Crippen LogP contribution < -0.4 is 11.1 Å². The van der Waals surface area contributed by atoms with Crippen molar-refractivity contribution in [3.05, 3.63) is 35.9 Å². The molecule has 1 aromatic rings. The van der Waals surface area contributed by atoms with Crippen molar-refractivity contribution < 1.29 is 19.1 Å². The van der Waals surface area contributed by atoms with Crippen LogP contribution in [0.1, 0.15) is 19.4 Å². The number of nitrogens with one attached hydrogen (secondary N) is 1. The average molecular weight is 280 g/mol. The van der Waals surface area contributed by atoms with E-state index in [0.717, 1.165) is 5.56 Å². The molecule has 0 spiro atoms. The van der Waals surface area contributed by atoms with Crippen LogP contribution in [0.5, 0.6) is 0 Å². The number of esters is 1. The minimum Gasteiger partial charge on any atom is -0.461 e. The summed E-state index contributed by atoms with van der Waals surface area (Å²) in [6.45, 7) is 3.52. The molecule has 0 saturated heterocycles. The van der Waals surface area contributed by atoms with Crippen molar-refractivity contribution in [2.75, 3.05) is 6.54 Å². The van der Waals surface area contributed by atoms with Crippen LogP contribution in [0, 0.1) is 0 Å². The Balaban J connectivity index is 2.41. The molecule has 0 aliphatic heterocycles. The Hall–Kier alpha value is -2.08. The first kappa shape index (κ1) is 16.0. The second-order valence-electron chi connectivity index (χ2n) is 4.48. The van der Waals surface area contributed by atoms with E-state index in [9.17, 15) is 9.59 Å². The van der Waals surface area contributed by atoms with Gasteiger partial charge < -0.3 is 20.5 Å². The number of hydrogen-bond donors (Lipinski definition) is 2. The number of nitrogens with two attached hydrogens (primary N) is 1. The molecule has 0 radical (unpaired) electrons. The Bertz CT molecular complexity index is 434. The summed E-state index contributed by atoms with van der Waals surface area (Å²) in [4.78, 5) is 23.2. The summed E-state index contributed by atoms with van der Waals surface area (Å²) in [5, 5.41) is 2.38. The minimum absolute atomic E-state index is 0.0496. The van der Waals surface area contributed by atoms with E-state index in [0.29, 0.717) is 0 Å². The third kappa shape index (κ3) is 5.71. The highest BCUT2D eigenvalue weighted by Gasteiger charge is 2.22. The number of carbonyl (C=O) groups is 2. The summed E-state index contributed by atoms with van der Waals surface area (Å²) in [7, 11) is 0. The Morgan fingerprint density at radius 3 is 2.45 bits per heavy atom. The predicted octanol–water partition coefficient (Wildman–Crippen LogP) is 1.19. The van der Waals surface area contributed by atoms with Gasteiger partial charge in [-0.3, -0.25) is 0 Å². The van der Waals surface area contributed by atoms with Gasteiger partial charge in [-0.2, -0.15) is 0 Å². The van der Waals surface area contributed by atoms with Crippen LogP contribution in [0.4, 0.5) is 4.79 Å². The van der Waals surface area contributed by atoms with Crippen LogP contribution in [-0.4, -0.2) is 30.8 Å². The van der Waals surface area contributed by atoms with Crippen molar-refractivity contribution in [1.29, 1.82) is 0 Å². The normalized spacial score (nSPS) is 11.8. The molecule has 110 valence electrons. The Kier molecular flexibility index (Phi) is 6.52. The molecule has 0 aliphatic rings. The third-order valence-electron chi connectivity index (χ3n) is 2.38. The molecule has 0 bridgehead atoms. The number of ether oxygens (including phenoxy) is 2. The number of hydrogen-bond acceptors (Lipinski definition) is 5. The van der Waals surface area contributed by atoms with Crippen molar-refractivity contribution >= 4 is 12.1 Å². The van der Waals surface area contributed by atoms with Gasteiger partial charge in [-0.25, -0.2) is 9.59 Å². The molecule has 3 N–H and O–H groups in total. The first-order valence-electron chi connectivity index (χ1n) is 6.40. The van der Waals surface area contributed by atoms with Crippen LogP contribution in [0.25, 0.3) is 0 Å². The molecule has 0 heterocycles. The summed E-state index contributed by atoms with van der Waals surface area (Å²) in [5.74, 6) is -0.570. The fraction of sp³-hybridized carbons (Fsp3) is 0.429. The van der Waals surface area contributed by atoms with Crippen molar-refractivity contribution in [3.8, 4) is 0 Å². The van der Waals surface area contributed by atoms with Crippen LogP contribution in [0.3, 0.4) is 0 Å². The lowest BCUT2D eigenvalue weighted by atomic mass is 10.2. The lowest BCUT2D eigenvalue weighted by Crippen LogP contribution is -2.47. The number of alkyl carbamates (subject to hydrolysis) is 1. The van der Waals surface area contributed by atoms with Crippen molar-refractivity contribution in [2.45, 2.75) is 32.6 Å². The minimum atomic E-state index is -0.902. The summed E-state index contributed by atoms with van der Waals surface area (Å²) >= 11 is 0. The van der Waals surface area contributed by atoms with Crippen LogP contribution in [0.15, 0.2) is 30.3 Å². The highest BCUT2D eigenvalue weighted by molar-refractivity contribution is 5.81. The van der Waals surface area contributed by atoms with E-state index in [4.69, 9.17) is 15.2 Å². The molecule has 0 fully saturated rings. The Labute approximate surface area is 118 Å². The lowest BCUT2D eigenvalue weighted by Gasteiger charge is -2.17. The molecule has 0 unspecified atom stereocenters. The van der Waals surface area contributed by atoms with E-state index >= 15 is 0 Å². The smallest absolute Gasteiger partial charge is 0.408 e. The molecular formula is C14H20N2O4. The van der Waals surface area contributed by atoms with Gasteiger partial charge in [0.05, 0.1) is 6.10 Å². The van der Waals surface area contributed by atoms with E-state index in [1.807, 2.05) is 30.3 Å². The molecule has 20 heavy (non-hydrogen) atoms. The molecular weight excluding hydrogens is 260 g/mol. The van der Waals surface area contributed by atoms with Crippen LogP contribution in [-0.2, 0) is 20.9 Å². The van der Waals surface area contributed by atoms with Crippen LogP contribution in [0.2, 0.25) is 0 Å². The zero-order chi connectivity index (χ0) is 15.0. The maximum Gasteiger partial charge on any atom is 0.408 e. The average Bonchev–Trinajstić information content (AvgIpc) is 2.42. The van der Waals surface area contributed by atoms with Gasteiger partial charge in [-0.15, -0.1) is 0 Å². The standard InChI is InChI=1S/C14H20N2O4/c1-10(2)20-13(17)12(8-15)16-14(18)19-9-11-6-4-3-5-7-11/h3-7,10,12H,8-9,15H2,1-2H3,(H,16,18)/t12-/m1/s1. The fourth-order valence-electron chi connectivity index (χ4n) is 1.44. The molecule has 1 atom stereocenters. The molecule has 1 rings (SSSR count). The van der Waals surface area contributed by atoms with E-state index < -0.39 is 18.1 Å². The van der Waals surface area contributed by atoms with E-state index in [1.165, 1.54) is 0 Å². The van der Waals surface area contributed by atoms with E-state index in [2.05, 4.69) is 5.32 Å². The maximum atomic E-state index is 11.6. The van der Waals surface area contributed by atoms with Gasteiger partial charge in [0, 0.05) is 6.54 Å². The Morgan fingerprint density at radius 1 is 1.25 bits per heavy atom. The molecule has 0 aromatic heterocycles. The van der Waals surface area contributed by atoms with Gasteiger partial charge in [0.2, 0.25) is 0 Å². The summed E-state index contributed by atoms with van der Waals surface area (Å²) < 4.78 is 9.98. The van der Waals surface area contributed by atoms with Gasteiger partial charge in [-0.05, 0) is 19.4 Å². The Morgan fingerprint density at radius 2 is 1.90 bits per heavy atom. The number of benzene rings is 1. The van der Waals surface area contributed by atoms with Crippen molar-refractivity contribution in [3.63, 3.8) is 0 Å². The van der Waals surface area contributed by atoms with Crippen molar-refractivity contribution in [2.24, 2.45) is 5.73 Å². The largest absolute Gasteiger partial charge is 0.461 e. The van der Waals surface area contributed by atoms with Gasteiger partial charge in [0.1, 0.15) is 12.6 Å². The lowest BCUT2D eigenvalue weighted by molar-refractivity contribution is -0.149. The summed E-state index contributed by atoms with van der Waals surface area (Å²) in [5.41, 5.74) is 6.29. The maximum absolute atomic E-state index is 11.6. The first-order chi connectivity index (χ1) is 9.52. The molecule has 0 saturated carbocycles. The number of rotatable bonds is 6. The zero-order valence-corrected chi connectivity index (χ0v) is 11.7. The molecule has 6 nitrogen and oxygen atoms in total. The van der Waals surface area contributed by atoms with Gasteiger partial charge >= 0.3 is 12.1 Å². The fourth-order valence-corrected chi connectivity index (χ4v) is 1.44. The second kappa shape index (κ2) is 8.16.